The summed E-state index contributed by atoms with van der Waals surface area (Å²) in [5.41, 5.74) is -0.190. The van der Waals surface area contributed by atoms with Gasteiger partial charge in [-0.05, 0) is 25.7 Å². The minimum Gasteiger partial charge on any atom is -0.480 e. The van der Waals surface area contributed by atoms with Gasteiger partial charge >= 0.3 is 12.1 Å². The van der Waals surface area contributed by atoms with Crippen molar-refractivity contribution in [2.75, 3.05) is 19.7 Å². The van der Waals surface area contributed by atoms with E-state index in [4.69, 9.17) is 15.1 Å². The largest absolute Gasteiger partial charge is 0.480 e. The van der Waals surface area contributed by atoms with Crippen molar-refractivity contribution in [1.29, 1.82) is 5.26 Å². The monoisotopic (exact) mass is 366 g/mol. The lowest BCUT2D eigenvalue weighted by molar-refractivity contribution is -0.142. The highest BCUT2D eigenvalue weighted by Gasteiger charge is 2.26. The predicted molar refractivity (Wildman–Crippen MR) is 92.9 cm³/mol. The Morgan fingerprint density at radius 1 is 1.35 bits per heavy atom. The number of piperidine rings is 1. The molecule has 9 heteroatoms. The van der Waals surface area contributed by atoms with E-state index < -0.39 is 17.9 Å². The summed E-state index contributed by atoms with van der Waals surface area (Å²) in [5.74, 6) is -2.19. The molecule has 0 aliphatic carbocycles. The molecule has 0 aromatic heterocycles. The van der Waals surface area contributed by atoms with Gasteiger partial charge in [0.1, 0.15) is 17.7 Å². The first-order chi connectivity index (χ1) is 12.3. The molecular weight excluding hydrogens is 340 g/mol. The molecule has 1 rings (SSSR count). The second kappa shape index (κ2) is 10.3. The van der Waals surface area contributed by atoms with Crippen LogP contribution in [0.25, 0.3) is 0 Å². The van der Waals surface area contributed by atoms with E-state index in [2.05, 4.69) is 10.6 Å². The number of hydrogen-bond donors (Lipinski definition) is 3. The van der Waals surface area contributed by atoms with Crippen LogP contribution in [0.15, 0.2) is 11.8 Å². The minimum atomic E-state index is -1.15. The maximum Gasteiger partial charge on any atom is 0.409 e. The van der Waals surface area contributed by atoms with E-state index in [1.165, 1.54) is 6.20 Å². The summed E-state index contributed by atoms with van der Waals surface area (Å²) in [4.78, 5) is 36.5. The third-order valence-corrected chi connectivity index (χ3v) is 4.07. The molecule has 0 aromatic carbocycles. The standard InChI is InChI=1S/C17H26N4O5/c1-4-26-17(25)21-7-5-13(6-8-21)19-10-12(9-18)15(22)20-14(11(2)3)16(23)24/h10-11,13-14,19H,4-8H2,1-3H3,(H,20,22)(H,23,24)/b12-10-. The number of aliphatic carboxylic acids is 1. The molecule has 9 nitrogen and oxygen atoms in total. The van der Waals surface area contributed by atoms with Gasteiger partial charge in [-0.25, -0.2) is 9.59 Å². The van der Waals surface area contributed by atoms with Gasteiger partial charge in [0.25, 0.3) is 5.91 Å². The first-order valence-corrected chi connectivity index (χ1v) is 8.61. The Balaban J connectivity index is 2.58. The summed E-state index contributed by atoms with van der Waals surface area (Å²) >= 11 is 0. The normalized spacial score (nSPS) is 16.6. The molecule has 1 heterocycles. The lowest BCUT2D eigenvalue weighted by atomic mass is 10.0. The summed E-state index contributed by atoms with van der Waals surface area (Å²) in [6.45, 7) is 6.46. The minimum absolute atomic E-state index is 0.0113. The molecule has 0 bridgehead atoms. The van der Waals surface area contributed by atoms with Gasteiger partial charge < -0.3 is 25.4 Å². The topological polar surface area (TPSA) is 132 Å². The smallest absolute Gasteiger partial charge is 0.409 e. The second-order valence-corrected chi connectivity index (χ2v) is 6.33. The summed E-state index contributed by atoms with van der Waals surface area (Å²) in [6.07, 6.45) is 2.27. The molecular formula is C17H26N4O5. The quantitative estimate of drug-likeness (QED) is 0.449. The van der Waals surface area contributed by atoms with Crippen molar-refractivity contribution in [3.63, 3.8) is 0 Å². The molecule has 1 unspecified atom stereocenters. The van der Waals surface area contributed by atoms with Crippen molar-refractivity contribution >= 4 is 18.0 Å². The van der Waals surface area contributed by atoms with Crippen LogP contribution in [0.1, 0.15) is 33.6 Å². The fourth-order valence-corrected chi connectivity index (χ4v) is 2.53. The number of nitrogens with one attached hydrogen (secondary N) is 2. The molecule has 1 aliphatic rings. The van der Waals surface area contributed by atoms with Crippen LogP contribution in [0.4, 0.5) is 4.79 Å². The molecule has 1 atom stereocenters. The zero-order valence-electron chi connectivity index (χ0n) is 15.3. The third kappa shape index (κ3) is 6.27. The average molecular weight is 366 g/mol. The summed E-state index contributed by atoms with van der Waals surface area (Å²) in [7, 11) is 0. The molecule has 144 valence electrons. The van der Waals surface area contributed by atoms with Crippen molar-refractivity contribution < 1.29 is 24.2 Å². The molecule has 0 saturated carbocycles. The van der Waals surface area contributed by atoms with Gasteiger partial charge in [-0.3, -0.25) is 4.79 Å². The molecule has 1 aliphatic heterocycles. The van der Waals surface area contributed by atoms with Gasteiger partial charge in [0.15, 0.2) is 0 Å². The number of carbonyl (C=O) groups is 3. The first-order valence-electron chi connectivity index (χ1n) is 8.61. The van der Waals surface area contributed by atoms with Crippen LogP contribution in [0.5, 0.6) is 0 Å². The maximum atomic E-state index is 12.1. The van der Waals surface area contributed by atoms with E-state index in [-0.39, 0.29) is 23.6 Å². The Morgan fingerprint density at radius 3 is 2.42 bits per heavy atom. The van der Waals surface area contributed by atoms with Gasteiger partial charge in [0.2, 0.25) is 0 Å². The van der Waals surface area contributed by atoms with Crippen LogP contribution in [0.3, 0.4) is 0 Å². The lowest BCUT2D eigenvalue weighted by Crippen LogP contribution is -2.45. The van der Waals surface area contributed by atoms with Crippen LogP contribution >= 0.6 is 0 Å². The number of ether oxygens (including phenoxy) is 1. The number of hydrogen-bond acceptors (Lipinski definition) is 6. The van der Waals surface area contributed by atoms with E-state index in [1.807, 2.05) is 0 Å². The summed E-state index contributed by atoms with van der Waals surface area (Å²) in [6, 6.07) is 0.726. The van der Waals surface area contributed by atoms with Crippen molar-refractivity contribution in [1.82, 2.24) is 15.5 Å². The van der Waals surface area contributed by atoms with Gasteiger partial charge in [-0.15, -0.1) is 0 Å². The molecule has 0 aromatic rings. The molecule has 3 N–H and O–H groups in total. The van der Waals surface area contributed by atoms with Gasteiger partial charge in [0, 0.05) is 25.3 Å². The fraction of sp³-hybridized carbons (Fsp3) is 0.647. The molecule has 0 spiro atoms. The highest BCUT2D eigenvalue weighted by atomic mass is 16.6. The molecule has 0 radical (unpaired) electrons. The van der Waals surface area contributed by atoms with Crippen LogP contribution in [0.2, 0.25) is 0 Å². The zero-order chi connectivity index (χ0) is 19.7. The second-order valence-electron chi connectivity index (χ2n) is 6.33. The highest BCUT2D eigenvalue weighted by Crippen LogP contribution is 2.12. The number of likely N-dealkylation sites (tertiary alicyclic amines) is 1. The van der Waals surface area contributed by atoms with E-state index in [0.717, 1.165) is 0 Å². The van der Waals surface area contributed by atoms with Gasteiger partial charge in [-0.1, -0.05) is 13.8 Å². The maximum absolute atomic E-state index is 12.1. The van der Waals surface area contributed by atoms with Crippen molar-refractivity contribution in [2.24, 2.45) is 5.92 Å². The van der Waals surface area contributed by atoms with Gasteiger partial charge in [0.05, 0.1) is 6.61 Å². The number of nitriles is 1. The zero-order valence-corrected chi connectivity index (χ0v) is 15.3. The van der Waals surface area contributed by atoms with Crippen molar-refractivity contribution in [3.05, 3.63) is 11.8 Å². The Bertz CT molecular complexity index is 588. The number of amides is 2. The predicted octanol–water partition coefficient (Wildman–Crippen LogP) is 0.830. The number of carboxylic acid groups (broad SMARTS) is 1. The molecule has 2 amide bonds. The Labute approximate surface area is 153 Å². The molecule has 26 heavy (non-hydrogen) atoms. The fourth-order valence-electron chi connectivity index (χ4n) is 2.53. The van der Waals surface area contributed by atoms with E-state index in [0.29, 0.717) is 32.5 Å². The Kier molecular flexibility index (Phi) is 8.42. The first kappa shape index (κ1) is 21.3. The van der Waals surface area contributed by atoms with Crippen LogP contribution < -0.4 is 10.6 Å². The van der Waals surface area contributed by atoms with Crippen LogP contribution in [-0.4, -0.2) is 59.8 Å². The lowest BCUT2D eigenvalue weighted by Gasteiger charge is -2.31. The average Bonchev–Trinajstić information content (AvgIpc) is 2.60. The van der Waals surface area contributed by atoms with Gasteiger partial charge in [-0.2, -0.15) is 5.26 Å². The van der Waals surface area contributed by atoms with Crippen LogP contribution in [-0.2, 0) is 14.3 Å². The number of carbonyl (C=O) groups excluding carboxylic acids is 2. The summed E-state index contributed by atoms with van der Waals surface area (Å²) in [5, 5.41) is 23.6. The number of rotatable bonds is 7. The highest BCUT2D eigenvalue weighted by molar-refractivity contribution is 5.99. The Hall–Kier alpha value is -2.76. The van der Waals surface area contributed by atoms with Crippen molar-refractivity contribution in [3.8, 4) is 6.07 Å². The Morgan fingerprint density at radius 2 is 1.96 bits per heavy atom. The SMILES string of the molecule is CCOC(=O)N1CCC(N/C=C(/C#N)C(=O)NC(C(=O)O)C(C)C)CC1. The number of carboxylic acids is 1. The van der Waals surface area contributed by atoms with E-state index >= 15 is 0 Å². The van der Waals surface area contributed by atoms with E-state index in [9.17, 15) is 14.4 Å². The molecule has 1 saturated heterocycles. The number of nitrogens with zero attached hydrogens (tertiary/aromatic N) is 2. The van der Waals surface area contributed by atoms with E-state index in [1.54, 1.807) is 31.7 Å². The third-order valence-electron chi connectivity index (χ3n) is 4.07. The molecule has 1 fully saturated rings. The summed E-state index contributed by atoms with van der Waals surface area (Å²) < 4.78 is 4.95. The van der Waals surface area contributed by atoms with Crippen LogP contribution in [0, 0.1) is 17.2 Å². The van der Waals surface area contributed by atoms with Crippen molar-refractivity contribution in [2.45, 2.75) is 45.7 Å².